The summed E-state index contributed by atoms with van der Waals surface area (Å²) in [5.74, 6) is 2.64. The fourth-order valence-corrected chi connectivity index (χ4v) is 1.17. The molecule has 0 aliphatic rings. The molecule has 1 rings (SSSR count). The van der Waals surface area contributed by atoms with Gasteiger partial charge in [-0.05, 0) is 31.0 Å². The first kappa shape index (κ1) is 9.67. The largest absolute Gasteiger partial charge is 0.372 e. The Morgan fingerprint density at radius 3 is 2.92 bits per heavy atom. The van der Waals surface area contributed by atoms with E-state index in [2.05, 4.69) is 30.3 Å². The number of terminal acetylenes is 1. The summed E-state index contributed by atoms with van der Waals surface area (Å²) in [7, 11) is 0. The fraction of sp³-hybridized carbons (Fsp3) is 0.333. The van der Waals surface area contributed by atoms with Crippen LogP contribution in [0, 0.1) is 12.3 Å². The molecular formula is C12H15N. The molecule has 0 aliphatic heterocycles. The van der Waals surface area contributed by atoms with Crippen molar-refractivity contribution in [1.82, 2.24) is 0 Å². The van der Waals surface area contributed by atoms with Gasteiger partial charge in [0.2, 0.25) is 0 Å². The van der Waals surface area contributed by atoms with Gasteiger partial charge in [0, 0.05) is 5.69 Å². The van der Waals surface area contributed by atoms with E-state index in [1.54, 1.807) is 0 Å². The zero-order valence-corrected chi connectivity index (χ0v) is 8.17. The van der Waals surface area contributed by atoms with Crippen LogP contribution in [0.2, 0.25) is 0 Å². The molecule has 1 aromatic carbocycles. The van der Waals surface area contributed by atoms with E-state index in [-0.39, 0.29) is 6.04 Å². The maximum atomic E-state index is 5.28. The lowest BCUT2D eigenvalue weighted by molar-refractivity contribution is 1.03. The van der Waals surface area contributed by atoms with E-state index in [1.807, 2.05) is 19.1 Å². The summed E-state index contributed by atoms with van der Waals surface area (Å²) in [6.45, 7) is 4.11. The predicted molar refractivity (Wildman–Crippen MR) is 57.7 cm³/mol. The highest BCUT2D eigenvalue weighted by molar-refractivity contribution is 5.47. The van der Waals surface area contributed by atoms with Crippen molar-refractivity contribution < 1.29 is 0 Å². The van der Waals surface area contributed by atoms with Crippen molar-refractivity contribution in [3.63, 3.8) is 0 Å². The van der Waals surface area contributed by atoms with Crippen LogP contribution in [0.1, 0.15) is 19.4 Å². The molecule has 0 fully saturated rings. The molecule has 0 spiro atoms. The smallest absolute Gasteiger partial charge is 0.0845 e. The Kier molecular flexibility index (Phi) is 3.40. The van der Waals surface area contributed by atoms with Crippen molar-refractivity contribution in [2.24, 2.45) is 0 Å². The molecule has 0 aromatic heterocycles. The fourth-order valence-electron chi connectivity index (χ4n) is 1.17. The van der Waals surface area contributed by atoms with Gasteiger partial charge in [-0.1, -0.05) is 25.0 Å². The second kappa shape index (κ2) is 4.57. The highest BCUT2D eigenvalue weighted by atomic mass is 14.9. The lowest BCUT2D eigenvalue weighted by Gasteiger charge is -2.09. The van der Waals surface area contributed by atoms with Crippen LogP contribution in [-0.4, -0.2) is 6.04 Å². The summed E-state index contributed by atoms with van der Waals surface area (Å²) in [4.78, 5) is 0. The molecule has 1 unspecified atom stereocenters. The maximum Gasteiger partial charge on any atom is 0.0845 e. The first-order valence-corrected chi connectivity index (χ1v) is 4.58. The Morgan fingerprint density at radius 2 is 2.31 bits per heavy atom. The zero-order valence-electron chi connectivity index (χ0n) is 8.17. The molecule has 68 valence electrons. The second-order valence-electron chi connectivity index (χ2n) is 3.09. The number of rotatable bonds is 3. The molecule has 1 heteroatoms. The van der Waals surface area contributed by atoms with E-state index < -0.39 is 0 Å². The Morgan fingerprint density at radius 1 is 1.54 bits per heavy atom. The number of benzene rings is 1. The van der Waals surface area contributed by atoms with Crippen LogP contribution in [0.5, 0.6) is 0 Å². The van der Waals surface area contributed by atoms with Gasteiger partial charge in [-0.2, -0.15) is 0 Å². The minimum Gasteiger partial charge on any atom is -0.372 e. The summed E-state index contributed by atoms with van der Waals surface area (Å²) in [6.07, 6.45) is 6.33. The Bertz CT molecular complexity index is 309. The summed E-state index contributed by atoms with van der Waals surface area (Å²) in [5.41, 5.74) is 2.43. The molecule has 0 amide bonds. The van der Waals surface area contributed by atoms with Gasteiger partial charge in [-0.3, -0.25) is 0 Å². The highest BCUT2D eigenvalue weighted by Gasteiger charge is 1.97. The van der Waals surface area contributed by atoms with Crippen molar-refractivity contribution in [2.45, 2.75) is 26.3 Å². The molecule has 0 saturated carbocycles. The van der Waals surface area contributed by atoms with Crippen LogP contribution in [0.3, 0.4) is 0 Å². The maximum absolute atomic E-state index is 5.28. The summed E-state index contributed by atoms with van der Waals surface area (Å²) < 4.78 is 0. The van der Waals surface area contributed by atoms with Gasteiger partial charge in [0.25, 0.3) is 0 Å². The minimum atomic E-state index is 0.0899. The van der Waals surface area contributed by atoms with Gasteiger partial charge in [0.15, 0.2) is 0 Å². The van der Waals surface area contributed by atoms with Gasteiger partial charge in [-0.15, -0.1) is 6.42 Å². The molecule has 0 radical (unpaired) electrons. The monoisotopic (exact) mass is 173 g/mol. The molecule has 1 aromatic rings. The third kappa shape index (κ3) is 2.83. The van der Waals surface area contributed by atoms with E-state index in [0.29, 0.717) is 0 Å². The standard InChI is InChI=1S/C12H15N/c1-4-10(3)13-12-8-6-7-11(5-2)9-12/h1,6-10,13H,5H2,2-3H3. The molecule has 13 heavy (non-hydrogen) atoms. The van der Waals surface area contributed by atoms with Crippen LogP contribution < -0.4 is 5.32 Å². The Labute approximate surface area is 80.2 Å². The van der Waals surface area contributed by atoms with Crippen LogP contribution >= 0.6 is 0 Å². The van der Waals surface area contributed by atoms with Crippen molar-refractivity contribution in [1.29, 1.82) is 0 Å². The summed E-state index contributed by atoms with van der Waals surface area (Å²) >= 11 is 0. The molecule has 1 atom stereocenters. The molecule has 1 nitrogen and oxygen atoms in total. The average Bonchev–Trinajstić information content (AvgIpc) is 2.18. The molecular weight excluding hydrogens is 158 g/mol. The Balaban J connectivity index is 2.73. The normalized spacial score (nSPS) is 11.8. The Hall–Kier alpha value is -1.42. The lowest BCUT2D eigenvalue weighted by atomic mass is 10.1. The third-order valence-electron chi connectivity index (χ3n) is 1.97. The van der Waals surface area contributed by atoms with Gasteiger partial charge >= 0.3 is 0 Å². The first-order valence-electron chi connectivity index (χ1n) is 4.58. The minimum absolute atomic E-state index is 0.0899. The van der Waals surface area contributed by atoms with Crippen LogP contribution in [-0.2, 0) is 6.42 Å². The number of aryl methyl sites for hydroxylation is 1. The third-order valence-corrected chi connectivity index (χ3v) is 1.97. The van der Waals surface area contributed by atoms with Crippen LogP contribution in [0.25, 0.3) is 0 Å². The van der Waals surface area contributed by atoms with Gasteiger partial charge in [0.05, 0.1) is 6.04 Å². The van der Waals surface area contributed by atoms with Crippen molar-refractivity contribution >= 4 is 5.69 Å². The number of hydrogen-bond donors (Lipinski definition) is 1. The molecule has 0 aliphatic carbocycles. The van der Waals surface area contributed by atoms with E-state index in [9.17, 15) is 0 Å². The van der Waals surface area contributed by atoms with Crippen molar-refractivity contribution in [3.8, 4) is 12.3 Å². The average molecular weight is 173 g/mol. The number of nitrogens with one attached hydrogen (secondary N) is 1. The molecule has 1 N–H and O–H groups in total. The molecule has 0 saturated heterocycles. The topological polar surface area (TPSA) is 12.0 Å². The quantitative estimate of drug-likeness (QED) is 0.693. The number of anilines is 1. The first-order chi connectivity index (χ1) is 6.26. The zero-order chi connectivity index (χ0) is 9.68. The number of hydrogen-bond acceptors (Lipinski definition) is 1. The predicted octanol–water partition coefficient (Wildman–Crippen LogP) is 2.68. The van der Waals surface area contributed by atoms with E-state index >= 15 is 0 Å². The van der Waals surface area contributed by atoms with Crippen molar-refractivity contribution in [2.75, 3.05) is 5.32 Å². The van der Waals surface area contributed by atoms with Crippen LogP contribution in [0.4, 0.5) is 5.69 Å². The molecule has 0 heterocycles. The lowest BCUT2D eigenvalue weighted by Crippen LogP contribution is -2.11. The van der Waals surface area contributed by atoms with E-state index in [4.69, 9.17) is 6.42 Å². The second-order valence-corrected chi connectivity index (χ2v) is 3.09. The van der Waals surface area contributed by atoms with E-state index in [1.165, 1.54) is 5.56 Å². The summed E-state index contributed by atoms with van der Waals surface area (Å²) in [5, 5.41) is 3.23. The highest BCUT2D eigenvalue weighted by Crippen LogP contribution is 2.11. The van der Waals surface area contributed by atoms with Crippen molar-refractivity contribution in [3.05, 3.63) is 29.8 Å². The van der Waals surface area contributed by atoms with Gasteiger partial charge in [-0.25, -0.2) is 0 Å². The van der Waals surface area contributed by atoms with Crippen LogP contribution in [0.15, 0.2) is 24.3 Å². The van der Waals surface area contributed by atoms with Gasteiger partial charge < -0.3 is 5.32 Å². The molecule has 0 bridgehead atoms. The van der Waals surface area contributed by atoms with Gasteiger partial charge in [0.1, 0.15) is 0 Å². The SMILES string of the molecule is C#CC(C)Nc1cccc(CC)c1. The summed E-state index contributed by atoms with van der Waals surface area (Å²) in [6, 6.07) is 8.42. The van der Waals surface area contributed by atoms with E-state index in [0.717, 1.165) is 12.1 Å².